The summed E-state index contributed by atoms with van der Waals surface area (Å²) in [6, 6.07) is 0. The molecule has 0 spiro atoms. The van der Waals surface area contributed by atoms with Gasteiger partial charge in [0.05, 0.1) is 6.10 Å². The summed E-state index contributed by atoms with van der Waals surface area (Å²) in [5.41, 5.74) is 5.50. The van der Waals surface area contributed by atoms with Gasteiger partial charge >= 0.3 is 5.97 Å². The molecule has 0 aliphatic rings. The van der Waals surface area contributed by atoms with Gasteiger partial charge < -0.3 is 10.5 Å². The van der Waals surface area contributed by atoms with E-state index in [1.54, 1.807) is 0 Å². The van der Waals surface area contributed by atoms with Crippen LogP contribution in [0.1, 0.15) is 65.7 Å². The van der Waals surface area contributed by atoms with E-state index in [9.17, 15) is 4.79 Å². The Morgan fingerprint density at radius 2 is 1.88 bits per heavy atom. The zero-order valence-electron chi connectivity index (χ0n) is 11.7. The lowest BCUT2D eigenvalue weighted by Crippen LogP contribution is -2.17. The molecule has 0 saturated carbocycles. The highest BCUT2D eigenvalue weighted by Crippen LogP contribution is 2.10. The Labute approximate surface area is 106 Å². The zero-order valence-corrected chi connectivity index (χ0v) is 11.7. The summed E-state index contributed by atoms with van der Waals surface area (Å²) >= 11 is 0. The zero-order chi connectivity index (χ0) is 13.1. The van der Waals surface area contributed by atoms with E-state index in [1.807, 2.05) is 6.92 Å². The Morgan fingerprint density at radius 1 is 1.18 bits per heavy atom. The molecule has 3 heteroatoms. The van der Waals surface area contributed by atoms with E-state index in [-0.39, 0.29) is 12.1 Å². The minimum Gasteiger partial charge on any atom is -0.463 e. The van der Waals surface area contributed by atoms with Crippen LogP contribution < -0.4 is 5.73 Å². The highest BCUT2D eigenvalue weighted by molar-refractivity contribution is 5.69. The molecule has 17 heavy (non-hydrogen) atoms. The molecule has 2 atom stereocenters. The largest absolute Gasteiger partial charge is 0.463 e. The second-order valence-electron chi connectivity index (χ2n) is 5.03. The van der Waals surface area contributed by atoms with Gasteiger partial charge in [0.1, 0.15) is 0 Å². The first-order chi connectivity index (χ1) is 8.10. The normalized spacial score (nSPS) is 14.4. The van der Waals surface area contributed by atoms with Crippen molar-refractivity contribution in [1.82, 2.24) is 0 Å². The fraction of sp³-hybridized carbons (Fsp3) is 0.929. The summed E-state index contributed by atoms with van der Waals surface area (Å²) in [4.78, 5) is 11.5. The van der Waals surface area contributed by atoms with E-state index in [0.29, 0.717) is 18.9 Å². The van der Waals surface area contributed by atoms with Crippen LogP contribution in [0.5, 0.6) is 0 Å². The second kappa shape index (κ2) is 10.6. The standard InChI is InChI=1S/C14H29NO2/c1-4-5-6-7-8-13(3)17-14(16)10-9-12(2)11-15/h12-13H,4-11,15H2,1-3H3. The van der Waals surface area contributed by atoms with Crippen molar-refractivity contribution in [2.75, 3.05) is 6.54 Å². The number of carbonyl (C=O) groups is 1. The maximum atomic E-state index is 11.5. The smallest absolute Gasteiger partial charge is 0.306 e. The maximum absolute atomic E-state index is 11.5. The summed E-state index contributed by atoms with van der Waals surface area (Å²) in [6.07, 6.45) is 7.28. The van der Waals surface area contributed by atoms with Crippen molar-refractivity contribution < 1.29 is 9.53 Å². The number of hydrogen-bond acceptors (Lipinski definition) is 3. The summed E-state index contributed by atoms with van der Waals surface area (Å²) < 4.78 is 5.35. The topological polar surface area (TPSA) is 52.3 Å². The molecule has 0 heterocycles. The monoisotopic (exact) mass is 243 g/mol. The Hall–Kier alpha value is -0.570. The Balaban J connectivity index is 3.51. The van der Waals surface area contributed by atoms with E-state index >= 15 is 0 Å². The Morgan fingerprint density at radius 3 is 2.47 bits per heavy atom. The van der Waals surface area contributed by atoms with Crippen LogP contribution in [0.3, 0.4) is 0 Å². The van der Waals surface area contributed by atoms with Crippen LogP contribution in [0.2, 0.25) is 0 Å². The molecule has 3 nitrogen and oxygen atoms in total. The van der Waals surface area contributed by atoms with E-state index in [0.717, 1.165) is 19.3 Å². The Bertz CT molecular complexity index is 195. The van der Waals surface area contributed by atoms with E-state index in [1.165, 1.54) is 19.3 Å². The van der Waals surface area contributed by atoms with Gasteiger partial charge in [-0.05, 0) is 38.6 Å². The van der Waals surface area contributed by atoms with Gasteiger partial charge in [-0.15, -0.1) is 0 Å². The molecular formula is C14H29NO2. The van der Waals surface area contributed by atoms with Crippen molar-refractivity contribution in [3.05, 3.63) is 0 Å². The summed E-state index contributed by atoms with van der Waals surface area (Å²) in [6.45, 7) is 6.87. The molecule has 0 aromatic heterocycles. The van der Waals surface area contributed by atoms with Gasteiger partial charge in [-0.25, -0.2) is 0 Å². The summed E-state index contributed by atoms with van der Waals surface area (Å²) in [5.74, 6) is 0.329. The van der Waals surface area contributed by atoms with Gasteiger partial charge in [0.2, 0.25) is 0 Å². The average Bonchev–Trinajstić information content (AvgIpc) is 2.31. The van der Waals surface area contributed by atoms with Gasteiger partial charge in [0.25, 0.3) is 0 Å². The molecule has 0 bridgehead atoms. The molecule has 102 valence electrons. The molecular weight excluding hydrogens is 214 g/mol. The maximum Gasteiger partial charge on any atom is 0.306 e. The minimum atomic E-state index is -0.0757. The SMILES string of the molecule is CCCCCCC(C)OC(=O)CCC(C)CN. The number of unbranched alkanes of at least 4 members (excludes halogenated alkanes) is 3. The van der Waals surface area contributed by atoms with Crippen LogP contribution in [-0.2, 0) is 9.53 Å². The molecule has 0 amide bonds. The molecule has 2 N–H and O–H groups in total. The predicted molar refractivity (Wildman–Crippen MR) is 71.8 cm³/mol. The molecule has 0 aromatic carbocycles. The minimum absolute atomic E-state index is 0.0625. The molecule has 0 aliphatic carbocycles. The first-order valence-corrected chi connectivity index (χ1v) is 6.99. The number of nitrogens with two attached hydrogens (primary N) is 1. The molecule has 2 unspecified atom stereocenters. The highest BCUT2D eigenvalue weighted by atomic mass is 16.5. The molecule has 0 radical (unpaired) electrons. The van der Waals surface area contributed by atoms with Crippen LogP contribution >= 0.6 is 0 Å². The van der Waals surface area contributed by atoms with Gasteiger partial charge in [-0.2, -0.15) is 0 Å². The van der Waals surface area contributed by atoms with Crippen molar-refractivity contribution in [3.63, 3.8) is 0 Å². The third-order valence-electron chi connectivity index (χ3n) is 3.04. The van der Waals surface area contributed by atoms with Crippen LogP contribution in [0.15, 0.2) is 0 Å². The van der Waals surface area contributed by atoms with Crippen LogP contribution in [0, 0.1) is 5.92 Å². The lowest BCUT2D eigenvalue weighted by molar-refractivity contribution is -0.148. The first kappa shape index (κ1) is 16.4. The van der Waals surface area contributed by atoms with Gasteiger partial charge in [-0.1, -0.05) is 33.1 Å². The van der Waals surface area contributed by atoms with Crippen LogP contribution in [-0.4, -0.2) is 18.6 Å². The number of hydrogen-bond donors (Lipinski definition) is 1. The lowest BCUT2D eigenvalue weighted by Gasteiger charge is -2.14. The fourth-order valence-electron chi connectivity index (χ4n) is 1.68. The number of carbonyl (C=O) groups excluding carboxylic acids is 1. The summed E-state index contributed by atoms with van der Waals surface area (Å²) in [5, 5.41) is 0. The second-order valence-corrected chi connectivity index (χ2v) is 5.03. The predicted octanol–water partition coefficient (Wildman–Crippen LogP) is 3.26. The van der Waals surface area contributed by atoms with E-state index in [4.69, 9.17) is 10.5 Å². The lowest BCUT2D eigenvalue weighted by atomic mass is 10.1. The van der Waals surface area contributed by atoms with Gasteiger partial charge in [0, 0.05) is 6.42 Å². The fourth-order valence-corrected chi connectivity index (χ4v) is 1.68. The number of rotatable bonds is 10. The summed E-state index contributed by atoms with van der Waals surface area (Å²) in [7, 11) is 0. The van der Waals surface area contributed by atoms with Crippen LogP contribution in [0.4, 0.5) is 0 Å². The number of ether oxygens (including phenoxy) is 1. The molecule has 0 rings (SSSR count). The first-order valence-electron chi connectivity index (χ1n) is 6.99. The third-order valence-corrected chi connectivity index (χ3v) is 3.04. The van der Waals surface area contributed by atoms with E-state index < -0.39 is 0 Å². The van der Waals surface area contributed by atoms with Gasteiger partial charge in [-0.3, -0.25) is 4.79 Å². The quantitative estimate of drug-likeness (QED) is 0.473. The number of esters is 1. The molecule has 0 aromatic rings. The van der Waals surface area contributed by atoms with E-state index in [2.05, 4.69) is 13.8 Å². The molecule has 0 aliphatic heterocycles. The third kappa shape index (κ3) is 10.3. The average molecular weight is 243 g/mol. The highest BCUT2D eigenvalue weighted by Gasteiger charge is 2.10. The van der Waals surface area contributed by atoms with Crippen molar-refractivity contribution in [2.24, 2.45) is 11.7 Å². The van der Waals surface area contributed by atoms with Crippen molar-refractivity contribution in [1.29, 1.82) is 0 Å². The van der Waals surface area contributed by atoms with Gasteiger partial charge in [0.15, 0.2) is 0 Å². The van der Waals surface area contributed by atoms with Crippen molar-refractivity contribution >= 4 is 5.97 Å². The van der Waals surface area contributed by atoms with Crippen LogP contribution in [0.25, 0.3) is 0 Å². The van der Waals surface area contributed by atoms with Crippen molar-refractivity contribution in [3.8, 4) is 0 Å². The van der Waals surface area contributed by atoms with Crippen molar-refractivity contribution in [2.45, 2.75) is 71.8 Å². The molecule has 0 fully saturated rings. The molecule has 0 saturated heterocycles. The Kier molecular flexibility index (Phi) is 10.2.